The van der Waals surface area contributed by atoms with Crippen LogP contribution in [0.1, 0.15) is 20.3 Å². The molecule has 0 aliphatic carbocycles. The lowest BCUT2D eigenvalue weighted by atomic mass is 10.3. The quantitative estimate of drug-likeness (QED) is 0.539. The summed E-state index contributed by atoms with van der Waals surface area (Å²) in [7, 11) is 0. The lowest BCUT2D eigenvalue weighted by Crippen LogP contribution is -2.20. The minimum absolute atomic E-state index is 0.0293. The molecule has 108 valence electrons. The summed E-state index contributed by atoms with van der Waals surface area (Å²) in [5.74, 6) is -1.51. The summed E-state index contributed by atoms with van der Waals surface area (Å²) in [6.07, 6.45) is 0.811. The van der Waals surface area contributed by atoms with Crippen molar-refractivity contribution in [1.82, 2.24) is 0 Å². The topological polar surface area (TPSA) is 52.6 Å². The van der Waals surface area contributed by atoms with E-state index in [4.69, 9.17) is 55.9 Å². The fraction of sp³-hybridized carbons (Fsp3) is 0.455. The molecule has 0 heterocycles. The highest BCUT2D eigenvalue weighted by Crippen LogP contribution is 2.11. The van der Waals surface area contributed by atoms with Crippen LogP contribution in [0.15, 0.2) is 21.1 Å². The van der Waals surface area contributed by atoms with Gasteiger partial charge >= 0.3 is 11.9 Å². The number of carbonyl (C=O) groups is 2. The van der Waals surface area contributed by atoms with Gasteiger partial charge in [0.15, 0.2) is 0 Å². The first-order chi connectivity index (χ1) is 8.70. The second-order valence-corrected chi connectivity index (χ2v) is 5.50. The van der Waals surface area contributed by atoms with Crippen LogP contribution in [-0.4, -0.2) is 24.1 Å². The summed E-state index contributed by atoms with van der Waals surface area (Å²) in [5, 5.41) is 0. The second kappa shape index (κ2) is 9.48. The van der Waals surface area contributed by atoms with Gasteiger partial charge in [-0.3, -0.25) is 9.59 Å². The molecule has 8 heteroatoms. The van der Waals surface area contributed by atoms with E-state index < -0.39 is 30.6 Å². The molecular weight excluding hydrogens is 338 g/mol. The van der Waals surface area contributed by atoms with Gasteiger partial charge in [0, 0.05) is 0 Å². The maximum atomic E-state index is 11.3. The Bertz CT molecular complexity index is 348. The Morgan fingerprint density at radius 2 is 1.21 bits per heavy atom. The third-order valence-electron chi connectivity index (χ3n) is 1.64. The van der Waals surface area contributed by atoms with E-state index in [0.717, 1.165) is 0 Å². The Morgan fingerprint density at radius 3 is 1.47 bits per heavy atom. The summed E-state index contributed by atoms with van der Waals surface area (Å²) >= 11 is 21.6. The monoisotopic (exact) mass is 348 g/mol. The maximum absolute atomic E-state index is 11.3. The van der Waals surface area contributed by atoms with E-state index in [-0.39, 0.29) is 8.98 Å². The van der Waals surface area contributed by atoms with Crippen molar-refractivity contribution in [2.24, 2.45) is 0 Å². The summed E-state index contributed by atoms with van der Waals surface area (Å²) in [4.78, 5) is 22.7. The standard InChI is InChI=1S/C11H12Cl4O4/c1-6(3-8(12)13)18-10(16)5-11(17)19-7(2)4-9(14)15/h3-4,6-7H,5H2,1-2H3. The summed E-state index contributed by atoms with van der Waals surface area (Å²) in [5.41, 5.74) is 0. The van der Waals surface area contributed by atoms with Crippen LogP contribution in [0.2, 0.25) is 0 Å². The lowest BCUT2D eigenvalue weighted by molar-refractivity contribution is -0.157. The average Bonchev–Trinajstić information content (AvgIpc) is 2.12. The number of ether oxygens (including phenoxy) is 2. The van der Waals surface area contributed by atoms with Crippen molar-refractivity contribution in [2.45, 2.75) is 32.5 Å². The SMILES string of the molecule is CC(C=C(Cl)Cl)OC(=O)CC(=O)OC(C)C=C(Cl)Cl. The highest BCUT2D eigenvalue weighted by Gasteiger charge is 2.16. The fourth-order valence-electron chi connectivity index (χ4n) is 1.04. The molecule has 0 saturated carbocycles. The summed E-state index contributed by atoms with van der Waals surface area (Å²) in [6, 6.07) is 0. The smallest absolute Gasteiger partial charge is 0.317 e. The normalized spacial score (nSPS) is 12.9. The average molecular weight is 350 g/mol. The van der Waals surface area contributed by atoms with E-state index in [9.17, 15) is 9.59 Å². The van der Waals surface area contributed by atoms with Gasteiger partial charge in [0.05, 0.1) is 0 Å². The van der Waals surface area contributed by atoms with Crippen LogP contribution in [0, 0.1) is 0 Å². The Balaban J connectivity index is 4.17. The van der Waals surface area contributed by atoms with E-state index in [1.807, 2.05) is 0 Å². The van der Waals surface area contributed by atoms with Crippen LogP contribution in [0.4, 0.5) is 0 Å². The van der Waals surface area contributed by atoms with Gasteiger partial charge in [-0.25, -0.2) is 0 Å². The van der Waals surface area contributed by atoms with Crippen LogP contribution >= 0.6 is 46.4 Å². The minimum Gasteiger partial charge on any atom is -0.458 e. The van der Waals surface area contributed by atoms with E-state index in [2.05, 4.69) is 0 Å². The van der Waals surface area contributed by atoms with E-state index in [1.54, 1.807) is 13.8 Å². The van der Waals surface area contributed by atoms with Crippen molar-refractivity contribution in [3.63, 3.8) is 0 Å². The van der Waals surface area contributed by atoms with Gasteiger partial charge in [0.1, 0.15) is 27.6 Å². The zero-order valence-electron chi connectivity index (χ0n) is 10.2. The number of halogens is 4. The zero-order chi connectivity index (χ0) is 15.0. The molecule has 0 saturated heterocycles. The molecule has 0 rings (SSSR count). The predicted octanol–water partition coefficient (Wildman–Crippen LogP) is 3.88. The number of esters is 2. The number of carbonyl (C=O) groups excluding carboxylic acids is 2. The molecule has 0 N–H and O–H groups in total. The van der Waals surface area contributed by atoms with Crippen molar-refractivity contribution in [2.75, 3.05) is 0 Å². The summed E-state index contributed by atoms with van der Waals surface area (Å²) < 4.78 is 9.63. The molecule has 0 fully saturated rings. The first kappa shape index (κ1) is 18.6. The third-order valence-corrected chi connectivity index (χ3v) is 2.15. The van der Waals surface area contributed by atoms with E-state index in [0.29, 0.717) is 0 Å². The Hall–Kier alpha value is -0.420. The highest BCUT2D eigenvalue weighted by atomic mass is 35.5. The minimum atomic E-state index is -0.753. The Kier molecular flexibility index (Phi) is 9.27. The molecule has 19 heavy (non-hydrogen) atoms. The Morgan fingerprint density at radius 1 is 0.895 bits per heavy atom. The molecule has 0 aromatic carbocycles. The van der Waals surface area contributed by atoms with Crippen molar-refractivity contribution in [3.05, 3.63) is 21.1 Å². The van der Waals surface area contributed by atoms with Gasteiger partial charge in [0.2, 0.25) is 0 Å². The predicted molar refractivity (Wildman–Crippen MR) is 75.3 cm³/mol. The van der Waals surface area contributed by atoms with Crippen LogP contribution in [-0.2, 0) is 19.1 Å². The molecule has 0 aliphatic heterocycles. The first-order valence-electron chi connectivity index (χ1n) is 5.15. The lowest BCUT2D eigenvalue weighted by Gasteiger charge is -2.11. The molecule has 4 nitrogen and oxygen atoms in total. The third kappa shape index (κ3) is 11.1. The van der Waals surface area contributed by atoms with Crippen molar-refractivity contribution < 1.29 is 19.1 Å². The molecule has 0 radical (unpaired) electrons. The molecule has 0 aromatic rings. The van der Waals surface area contributed by atoms with E-state index in [1.165, 1.54) is 12.2 Å². The molecule has 0 amide bonds. The van der Waals surface area contributed by atoms with Crippen LogP contribution in [0.5, 0.6) is 0 Å². The molecule has 0 aliphatic rings. The van der Waals surface area contributed by atoms with Crippen molar-refractivity contribution >= 4 is 58.3 Å². The van der Waals surface area contributed by atoms with Crippen molar-refractivity contribution in [1.29, 1.82) is 0 Å². The van der Waals surface area contributed by atoms with Gasteiger partial charge in [-0.1, -0.05) is 46.4 Å². The van der Waals surface area contributed by atoms with Gasteiger partial charge in [-0.05, 0) is 26.0 Å². The number of hydrogen-bond donors (Lipinski definition) is 0. The van der Waals surface area contributed by atoms with Crippen molar-refractivity contribution in [3.8, 4) is 0 Å². The van der Waals surface area contributed by atoms with Gasteiger partial charge in [-0.2, -0.15) is 0 Å². The number of hydrogen-bond acceptors (Lipinski definition) is 4. The molecule has 0 bridgehead atoms. The zero-order valence-corrected chi connectivity index (χ0v) is 13.2. The second-order valence-electron chi connectivity index (χ2n) is 3.48. The van der Waals surface area contributed by atoms with E-state index >= 15 is 0 Å². The molecule has 0 spiro atoms. The Labute approximate surface area is 131 Å². The largest absolute Gasteiger partial charge is 0.458 e. The first-order valence-corrected chi connectivity index (χ1v) is 6.66. The maximum Gasteiger partial charge on any atom is 0.317 e. The van der Waals surface area contributed by atoms with Crippen LogP contribution in [0.3, 0.4) is 0 Å². The molecule has 2 unspecified atom stereocenters. The fourth-order valence-corrected chi connectivity index (χ4v) is 1.75. The number of rotatable bonds is 6. The molecular formula is C11H12Cl4O4. The summed E-state index contributed by atoms with van der Waals surface area (Å²) in [6.45, 7) is 3.10. The molecule has 2 atom stereocenters. The highest BCUT2D eigenvalue weighted by molar-refractivity contribution is 6.56. The van der Waals surface area contributed by atoms with Crippen LogP contribution in [0.25, 0.3) is 0 Å². The van der Waals surface area contributed by atoms with Gasteiger partial charge < -0.3 is 9.47 Å². The van der Waals surface area contributed by atoms with Gasteiger partial charge in [0.25, 0.3) is 0 Å². The van der Waals surface area contributed by atoms with Crippen LogP contribution < -0.4 is 0 Å². The van der Waals surface area contributed by atoms with Gasteiger partial charge in [-0.15, -0.1) is 0 Å². The molecule has 0 aromatic heterocycles.